The first-order valence-electron chi connectivity index (χ1n) is 8.23. The number of carbonyl (C=O) groups is 1. The zero-order valence-electron chi connectivity index (χ0n) is 13.1. The standard InChI is InChI=1S/C18H21N3OS/c22-17(15-4-12-23-14-15)21-11-7-18(21)5-9-20(10-6-18)13-16-3-1-2-8-19-16/h1-4,8,12,14H,5-7,9-11,13H2. The average molecular weight is 327 g/mol. The van der Waals surface area contributed by atoms with Crippen LogP contribution < -0.4 is 0 Å². The molecule has 2 aromatic rings. The van der Waals surface area contributed by atoms with Crippen LogP contribution in [-0.4, -0.2) is 45.9 Å². The molecule has 0 atom stereocenters. The van der Waals surface area contributed by atoms with Crippen LogP contribution in [0.1, 0.15) is 35.3 Å². The molecule has 120 valence electrons. The Morgan fingerprint density at radius 3 is 2.61 bits per heavy atom. The predicted octanol–water partition coefficient (Wildman–Crippen LogP) is 3.02. The van der Waals surface area contributed by atoms with Crippen molar-refractivity contribution < 1.29 is 4.79 Å². The third kappa shape index (κ3) is 2.79. The molecule has 0 unspecified atom stereocenters. The molecule has 5 heteroatoms. The summed E-state index contributed by atoms with van der Waals surface area (Å²) >= 11 is 1.59. The number of rotatable bonds is 3. The molecule has 23 heavy (non-hydrogen) atoms. The summed E-state index contributed by atoms with van der Waals surface area (Å²) in [5.74, 6) is 0.218. The number of hydrogen-bond acceptors (Lipinski definition) is 4. The van der Waals surface area contributed by atoms with E-state index in [2.05, 4.69) is 20.9 Å². The van der Waals surface area contributed by atoms with E-state index in [1.54, 1.807) is 11.3 Å². The number of hydrogen-bond donors (Lipinski definition) is 0. The van der Waals surface area contributed by atoms with E-state index in [0.717, 1.165) is 56.7 Å². The Balaban J connectivity index is 1.38. The van der Waals surface area contributed by atoms with Gasteiger partial charge in [-0.3, -0.25) is 14.7 Å². The second-order valence-corrected chi connectivity index (χ2v) is 7.32. The minimum atomic E-state index is 0.111. The lowest BCUT2D eigenvalue weighted by Crippen LogP contribution is -2.65. The zero-order chi connectivity index (χ0) is 15.7. The smallest absolute Gasteiger partial charge is 0.255 e. The third-order valence-electron chi connectivity index (χ3n) is 5.29. The van der Waals surface area contributed by atoms with E-state index in [4.69, 9.17) is 0 Å². The molecule has 4 rings (SSSR count). The van der Waals surface area contributed by atoms with Crippen LogP contribution in [0.5, 0.6) is 0 Å². The third-order valence-corrected chi connectivity index (χ3v) is 5.97. The second kappa shape index (κ2) is 6.06. The van der Waals surface area contributed by atoms with Crippen LogP contribution in [0, 0.1) is 0 Å². The maximum atomic E-state index is 12.6. The van der Waals surface area contributed by atoms with Gasteiger partial charge in [0.2, 0.25) is 0 Å². The van der Waals surface area contributed by atoms with Crippen LogP contribution >= 0.6 is 11.3 Å². The molecule has 0 N–H and O–H groups in total. The molecular formula is C18H21N3OS. The van der Waals surface area contributed by atoms with Gasteiger partial charge < -0.3 is 4.90 Å². The minimum Gasteiger partial charge on any atom is -0.333 e. The monoisotopic (exact) mass is 327 g/mol. The zero-order valence-corrected chi connectivity index (χ0v) is 14.0. The van der Waals surface area contributed by atoms with Crippen LogP contribution in [0.3, 0.4) is 0 Å². The lowest BCUT2D eigenvalue weighted by atomic mass is 9.76. The van der Waals surface area contributed by atoms with E-state index in [1.807, 2.05) is 35.2 Å². The number of pyridine rings is 1. The molecule has 0 radical (unpaired) electrons. The molecule has 4 heterocycles. The summed E-state index contributed by atoms with van der Waals surface area (Å²) in [5, 5.41) is 3.94. The Kier molecular flexibility index (Phi) is 3.91. The largest absolute Gasteiger partial charge is 0.333 e. The normalized spacial score (nSPS) is 20.4. The SMILES string of the molecule is O=C(c1ccsc1)N1CCC12CCN(Cc1ccccn1)CC2. The van der Waals surface area contributed by atoms with E-state index in [1.165, 1.54) is 0 Å². The van der Waals surface area contributed by atoms with Gasteiger partial charge in [-0.2, -0.15) is 11.3 Å². The number of amides is 1. The highest BCUT2D eigenvalue weighted by Crippen LogP contribution is 2.41. The van der Waals surface area contributed by atoms with Crippen LogP contribution in [-0.2, 0) is 6.54 Å². The highest BCUT2D eigenvalue weighted by molar-refractivity contribution is 7.08. The summed E-state index contributed by atoms with van der Waals surface area (Å²) in [5.41, 5.74) is 2.09. The van der Waals surface area contributed by atoms with Gasteiger partial charge in [-0.05, 0) is 42.8 Å². The van der Waals surface area contributed by atoms with Crippen LogP contribution in [0.15, 0.2) is 41.2 Å². The molecule has 0 saturated carbocycles. The Labute approximate surface area is 140 Å². The Morgan fingerprint density at radius 1 is 1.17 bits per heavy atom. The first-order valence-corrected chi connectivity index (χ1v) is 9.18. The maximum Gasteiger partial charge on any atom is 0.255 e. The number of likely N-dealkylation sites (tertiary alicyclic amines) is 2. The van der Waals surface area contributed by atoms with E-state index >= 15 is 0 Å². The molecule has 1 spiro atoms. The molecule has 2 aromatic heterocycles. The Morgan fingerprint density at radius 2 is 2.00 bits per heavy atom. The number of carbonyl (C=O) groups excluding carboxylic acids is 1. The lowest BCUT2D eigenvalue weighted by molar-refractivity contribution is -0.0399. The maximum absolute atomic E-state index is 12.6. The van der Waals surface area contributed by atoms with Gasteiger partial charge in [-0.15, -0.1) is 0 Å². The summed E-state index contributed by atoms with van der Waals surface area (Å²) in [6, 6.07) is 8.02. The molecule has 2 fully saturated rings. The Hall–Kier alpha value is -1.72. The lowest BCUT2D eigenvalue weighted by Gasteiger charge is -2.56. The van der Waals surface area contributed by atoms with Crippen molar-refractivity contribution in [1.82, 2.24) is 14.8 Å². The molecule has 2 saturated heterocycles. The van der Waals surface area contributed by atoms with Crippen molar-refractivity contribution in [2.45, 2.75) is 31.3 Å². The molecule has 0 bridgehead atoms. The quantitative estimate of drug-likeness (QED) is 0.869. The average Bonchev–Trinajstić information content (AvgIpc) is 3.10. The van der Waals surface area contributed by atoms with Gasteiger partial charge in [0.1, 0.15) is 0 Å². The van der Waals surface area contributed by atoms with Gasteiger partial charge in [-0.25, -0.2) is 0 Å². The summed E-state index contributed by atoms with van der Waals surface area (Å²) in [6.07, 6.45) is 5.17. The van der Waals surface area contributed by atoms with Gasteiger partial charge in [0.25, 0.3) is 5.91 Å². The van der Waals surface area contributed by atoms with Crippen LogP contribution in [0.2, 0.25) is 0 Å². The topological polar surface area (TPSA) is 36.4 Å². The van der Waals surface area contributed by atoms with Crippen molar-refractivity contribution in [3.8, 4) is 0 Å². The molecule has 4 nitrogen and oxygen atoms in total. The fraction of sp³-hybridized carbons (Fsp3) is 0.444. The molecule has 2 aliphatic heterocycles. The molecule has 0 aromatic carbocycles. The first kappa shape index (κ1) is 14.8. The molecular weight excluding hydrogens is 306 g/mol. The summed E-state index contributed by atoms with van der Waals surface area (Å²) < 4.78 is 0. The van der Waals surface area contributed by atoms with Crippen molar-refractivity contribution in [3.63, 3.8) is 0 Å². The van der Waals surface area contributed by atoms with Crippen molar-refractivity contribution in [3.05, 3.63) is 52.5 Å². The van der Waals surface area contributed by atoms with Gasteiger partial charge in [0.05, 0.1) is 11.3 Å². The fourth-order valence-electron chi connectivity index (χ4n) is 3.77. The van der Waals surface area contributed by atoms with Crippen LogP contribution in [0.25, 0.3) is 0 Å². The highest BCUT2D eigenvalue weighted by atomic mass is 32.1. The summed E-state index contributed by atoms with van der Waals surface area (Å²) in [7, 11) is 0. The Bertz CT molecular complexity index is 663. The van der Waals surface area contributed by atoms with E-state index in [0.29, 0.717) is 0 Å². The van der Waals surface area contributed by atoms with Crippen molar-refractivity contribution in [1.29, 1.82) is 0 Å². The molecule has 1 amide bonds. The fourth-order valence-corrected chi connectivity index (χ4v) is 4.40. The number of piperidine rings is 1. The summed E-state index contributed by atoms with van der Waals surface area (Å²) in [6.45, 7) is 3.91. The van der Waals surface area contributed by atoms with Gasteiger partial charge in [0.15, 0.2) is 0 Å². The van der Waals surface area contributed by atoms with Crippen LogP contribution in [0.4, 0.5) is 0 Å². The highest BCUT2D eigenvalue weighted by Gasteiger charge is 2.48. The number of aromatic nitrogens is 1. The summed E-state index contributed by atoms with van der Waals surface area (Å²) in [4.78, 5) is 21.6. The second-order valence-electron chi connectivity index (χ2n) is 6.54. The van der Waals surface area contributed by atoms with Gasteiger partial charge in [-0.1, -0.05) is 6.07 Å². The molecule has 2 aliphatic rings. The van der Waals surface area contributed by atoms with E-state index in [9.17, 15) is 4.79 Å². The predicted molar refractivity (Wildman–Crippen MR) is 91.5 cm³/mol. The minimum absolute atomic E-state index is 0.111. The number of nitrogens with zero attached hydrogens (tertiary/aromatic N) is 3. The van der Waals surface area contributed by atoms with Crippen molar-refractivity contribution in [2.24, 2.45) is 0 Å². The van der Waals surface area contributed by atoms with E-state index in [-0.39, 0.29) is 11.4 Å². The molecule has 0 aliphatic carbocycles. The first-order chi connectivity index (χ1) is 11.3. The van der Waals surface area contributed by atoms with Gasteiger partial charge >= 0.3 is 0 Å². The van der Waals surface area contributed by atoms with Crippen molar-refractivity contribution in [2.75, 3.05) is 19.6 Å². The number of thiophene rings is 1. The van der Waals surface area contributed by atoms with Gasteiger partial charge in [0, 0.05) is 43.3 Å². The van der Waals surface area contributed by atoms with Crippen molar-refractivity contribution >= 4 is 17.2 Å². The van der Waals surface area contributed by atoms with E-state index < -0.39 is 0 Å².